The number of rotatable bonds is 16. The molecular weight excluding hydrogens is 394 g/mol. The molecule has 1 rings (SSSR count). The first-order valence-electron chi connectivity index (χ1n) is 10.1. The molecule has 172 valence electrons. The quantitative estimate of drug-likeness (QED) is 0.202. The fourth-order valence-electron chi connectivity index (χ4n) is 3.09. The van der Waals surface area contributed by atoms with Crippen molar-refractivity contribution in [1.82, 2.24) is 25.6 Å². The summed E-state index contributed by atoms with van der Waals surface area (Å²) in [5.41, 5.74) is 0.713. The van der Waals surface area contributed by atoms with Gasteiger partial charge >= 0.3 is 0 Å². The maximum absolute atomic E-state index is 11.5. The van der Waals surface area contributed by atoms with Crippen molar-refractivity contribution in [3.63, 3.8) is 0 Å². The SMILES string of the molecule is COC(C(CNCc1cn(CCCCCC(C)=O)nn1)NC(C)=O)[C@H](O)C(O)CO. The third-order valence-corrected chi connectivity index (χ3v) is 4.65. The van der Waals surface area contributed by atoms with E-state index in [0.29, 0.717) is 18.7 Å². The predicted molar refractivity (Wildman–Crippen MR) is 108 cm³/mol. The molecule has 0 aliphatic heterocycles. The summed E-state index contributed by atoms with van der Waals surface area (Å²) in [4.78, 5) is 22.5. The molecule has 4 atom stereocenters. The summed E-state index contributed by atoms with van der Waals surface area (Å²) in [6.07, 6.45) is 1.48. The summed E-state index contributed by atoms with van der Waals surface area (Å²) in [5.74, 6) is -0.110. The molecule has 0 fully saturated rings. The molecule has 11 heteroatoms. The van der Waals surface area contributed by atoms with Crippen molar-refractivity contribution >= 4 is 11.7 Å². The molecule has 1 aromatic heterocycles. The number of nitrogens with one attached hydrogen (secondary N) is 2. The standard InChI is InChI=1S/C19H35N5O6/c1-13(26)7-5-4-6-8-24-11-15(22-23-24)9-20-10-16(21-14(2)27)19(30-3)18(29)17(28)12-25/h11,16-20,25,28-29H,4-10,12H2,1-3H3,(H,21,27)/t16?,17?,18-,19?/m1/s1. The zero-order valence-electron chi connectivity index (χ0n) is 18.0. The fourth-order valence-corrected chi connectivity index (χ4v) is 3.09. The van der Waals surface area contributed by atoms with Crippen molar-refractivity contribution in [2.45, 2.75) is 77.0 Å². The predicted octanol–water partition coefficient (Wildman–Crippen LogP) is -1.25. The molecule has 0 aliphatic carbocycles. The van der Waals surface area contributed by atoms with Gasteiger partial charge in [0.1, 0.15) is 24.1 Å². The third-order valence-electron chi connectivity index (χ3n) is 4.65. The molecule has 0 aromatic carbocycles. The highest BCUT2D eigenvalue weighted by molar-refractivity contribution is 5.75. The topological polar surface area (TPSA) is 159 Å². The molecule has 0 saturated carbocycles. The number of hydrogen-bond donors (Lipinski definition) is 5. The van der Waals surface area contributed by atoms with Gasteiger partial charge in [0.25, 0.3) is 0 Å². The molecular formula is C19H35N5O6. The molecule has 30 heavy (non-hydrogen) atoms. The number of aryl methyl sites for hydroxylation is 1. The number of carbonyl (C=O) groups is 2. The summed E-state index contributed by atoms with van der Waals surface area (Å²) in [6, 6.07) is -0.639. The lowest BCUT2D eigenvalue weighted by Gasteiger charge is -2.32. The minimum atomic E-state index is -1.39. The van der Waals surface area contributed by atoms with E-state index in [1.165, 1.54) is 14.0 Å². The van der Waals surface area contributed by atoms with Crippen LogP contribution in [0.1, 0.15) is 45.2 Å². The van der Waals surface area contributed by atoms with E-state index < -0.39 is 31.0 Å². The normalized spacial score (nSPS) is 15.4. The fraction of sp³-hybridized carbons (Fsp3) is 0.789. The highest BCUT2D eigenvalue weighted by Gasteiger charge is 2.33. The number of Topliss-reactive ketones (excluding diaryl/α,β-unsaturated/α-hetero) is 1. The molecule has 5 N–H and O–H groups in total. The van der Waals surface area contributed by atoms with Gasteiger partial charge in [-0.15, -0.1) is 5.10 Å². The lowest BCUT2D eigenvalue weighted by Crippen LogP contribution is -2.56. The van der Waals surface area contributed by atoms with Crippen LogP contribution in [-0.2, 0) is 27.4 Å². The maximum atomic E-state index is 11.5. The zero-order chi connectivity index (χ0) is 22.5. The van der Waals surface area contributed by atoms with Gasteiger partial charge in [0.15, 0.2) is 0 Å². The lowest BCUT2D eigenvalue weighted by atomic mass is 10.0. The molecule has 0 spiro atoms. The molecule has 0 bridgehead atoms. The Morgan fingerprint density at radius 3 is 2.57 bits per heavy atom. The second-order valence-electron chi connectivity index (χ2n) is 7.36. The Hall–Kier alpha value is -1.92. The molecule has 0 saturated heterocycles. The summed E-state index contributed by atoms with van der Waals surface area (Å²) in [5, 5.41) is 42.9. The molecule has 1 aromatic rings. The first-order valence-corrected chi connectivity index (χ1v) is 10.1. The van der Waals surface area contributed by atoms with Gasteiger partial charge in [-0.05, 0) is 19.8 Å². The zero-order valence-corrected chi connectivity index (χ0v) is 18.0. The van der Waals surface area contributed by atoms with Crippen LogP contribution in [-0.4, -0.2) is 86.6 Å². The highest BCUT2D eigenvalue weighted by Crippen LogP contribution is 2.09. The van der Waals surface area contributed by atoms with E-state index in [0.717, 1.165) is 25.8 Å². The van der Waals surface area contributed by atoms with Crippen molar-refractivity contribution < 1.29 is 29.6 Å². The first-order chi connectivity index (χ1) is 14.3. The number of unbranched alkanes of at least 4 members (excludes halogenated alkanes) is 2. The second kappa shape index (κ2) is 14.1. The van der Waals surface area contributed by atoms with Crippen molar-refractivity contribution in [3.8, 4) is 0 Å². The van der Waals surface area contributed by atoms with Gasteiger partial charge in [0.2, 0.25) is 5.91 Å². The van der Waals surface area contributed by atoms with Gasteiger partial charge in [0, 0.05) is 46.3 Å². The van der Waals surface area contributed by atoms with Crippen LogP contribution in [0.25, 0.3) is 0 Å². The average Bonchev–Trinajstić information content (AvgIpc) is 3.14. The maximum Gasteiger partial charge on any atom is 0.217 e. The van der Waals surface area contributed by atoms with Crippen LogP contribution < -0.4 is 10.6 Å². The number of carbonyl (C=O) groups excluding carboxylic acids is 2. The Bertz CT molecular complexity index is 641. The molecule has 0 radical (unpaired) electrons. The van der Waals surface area contributed by atoms with E-state index in [-0.39, 0.29) is 18.2 Å². The van der Waals surface area contributed by atoms with E-state index >= 15 is 0 Å². The van der Waals surface area contributed by atoms with Gasteiger partial charge in [-0.2, -0.15) is 0 Å². The van der Waals surface area contributed by atoms with Crippen molar-refractivity contribution in [2.24, 2.45) is 0 Å². The summed E-state index contributed by atoms with van der Waals surface area (Å²) in [6.45, 7) is 3.66. The minimum absolute atomic E-state index is 0.204. The van der Waals surface area contributed by atoms with Crippen molar-refractivity contribution in [3.05, 3.63) is 11.9 Å². The Morgan fingerprint density at radius 1 is 1.23 bits per heavy atom. The number of aliphatic hydroxyl groups is 3. The molecule has 11 nitrogen and oxygen atoms in total. The van der Waals surface area contributed by atoms with Gasteiger partial charge in [-0.25, -0.2) is 0 Å². The van der Waals surface area contributed by atoms with Crippen LogP contribution in [0, 0.1) is 0 Å². The van der Waals surface area contributed by atoms with Crippen LogP contribution in [0.4, 0.5) is 0 Å². The van der Waals surface area contributed by atoms with Crippen molar-refractivity contribution in [2.75, 3.05) is 20.3 Å². The Labute approximate surface area is 176 Å². The average molecular weight is 430 g/mol. The van der Waals surface area contributed by atoms with Crippen LogP contribution in [0.5, 0.6) is 0 Å². The summed E-state index contributed by atoms with van der Waals surface area (Å²) in [7, 11) is 1.36. The van der Waals surface area contributed by atoms with E-state index in [9.17, 15) is 19.8 Å². The van der Waals surface area contributed by atoms with Gasteiger partial charge in [0.05, 0.1) is 18.3 Å². The van der Waals surface area contributed by atoms with Gasteiger partial charge in [-0.3, -0.25) is 9.48 Å². The molecule has 1 heterocycles. The van der Waals surface area contributed by atoms with E-state index in [1.54, 1.807) is 11.6 Å². The highest BCUT2D eigenvalue weighted by atomic mass is 16.5. The van der Waals surface area contributed by atoms with Gasteiger partial charge in [-0.1, -0.05) is 11.6 Å². The number of methoxy groups -OCH3 is 1. The Morgan fingerprint density at radius 2 is 1.97 bits per heavy atom. The number of ether oxygens (including phenoxy) is 1. The van der Waals surface area contributed by atoms with Gasteiger partial charge < -0.3 is 35.5 Å². The number of ketones is 1. The number of hydrogen-bond acceptors (Lipinski definition) is 9. The molecule has 3 unspecified atom stereocenters. The third kappa shape index (κ3) is 9.72. The van der Waals surface area contributed by atoms with E-state index in [4.69, 9.17) is 9.84 Å². The number of aromatic nitrogens is 3. The van der Waals surface area contributed by atoms with Crippen LogP contribution >= 0.6 is 0 Å². The molecule has 0 aliphatic rings. The number of nitrogens with zero attached hydrogens (tertiary/aromatic N) is 3. The summed E-state index contributed by atoms with van der Waals surface area (Å²) >= 11 is 0. The van der Waals surface area contributed by atoms with Crippen LogP contribution in [0.3, 0.4) is 0 Å². The number of aliphatic hydroxyl groups excluding tert-OH is 3. The second-order valence-corrected chi connectivity index (χ2v) is 7.36. The Balaban J connectivity index is 2.51. The summed E-state index contributed by atoms with van der Waals surface area (Å²) < 4.78 is 7.00. The van der Waals surface area contributed by atoms with Crippen molar-refractivity contribution in [1.29, 1.82) is 0 Å². The minimum Gasteiger partial charge on any atom is -0.394 e. The van der Waals surface area contributed by atoms with Crippen LogP contribution in [0.2, 0.25) is 0 Å². The van der Waals surface area contributed by atoms with Crippen LogP contribution in [0.15, 0.2) is 6.20 Å². The number of amides is 1. The lowest BCUT2D eigenvalue weighted by molar-refractivity contribution is -0.125. The largest absolute Gasteiger partial charge is 0.394 e. The monoisotopic (exact) mass is 429 g/mol. The molecule has 1 amide bonds. The smallest absolute Gasteiger partial charge is 0.217 e. The van der Waals surface area contributed by atoms with E-state index in [2.05, 4.69) is 20.9 Å². The van der Waals surface area contributed by atoms with E-state index in [1.807, 2.05) is 6.20 Å². The Kier molecular flexibility index (Phi) is 12.3. The first kappa shape index (κ1) is 26.1.